The van der Waals surface area contributed by atoms with Crippen LogP contribution in [0.3, 0.4) is 0 Å². The zero-order valence-electron chi connectivity index (χ0n) is 15.7. The number of aromatic nitrogens is 1. The van der Waals surface area contributed by atoms with Gasteiger partial charge in [0.15, 0.2) is 0 Å². The summed E-state index contributed by atoms with van der Waals surface area (Å²) in [5.41, 5.74) is 3.76. The second kappa shape index (κ2) is 8.40. The maximum atomic E-state index is 12.4. The third-order valence-electron chi connectivity index (χ3n) is 5.65. The van der Waals surface area contributed by atoms with Gasteiger partial charge < -0.3 is 15.2 Å². The van der Waals surface area contributed by atoms with E-state index < -0.39 is 0 Å². The van der Waals surface area contributed by atoms with Crippen LogP contribution in [0.2, 0.25) is 0 Å². The molecule has 4 heteroatoms. The molecule has 1 aliphatic rings. The van der Waals surface area contributed by atoms with Crippen molar-refractivity contribution in [3.63, 3.8) is 0 Å². The molecule has 0 aliphatic carbocycles. The number of fused-ring (bicyclic) bond motifs is 1. The summed E-state index contributed by atoms with van der Waals surface area (Å²) in [5, 5.41) is 4.48. The van der Waals surface area contributed by atoms with Crippen LogP contribution in [0, 0.1) is 0 Å². The zero-order valence-corrected chi connectivity index (χ0v) is 15.7. The molecule has 2 heterocycles. The Morgan fingerprint density at radius 1 is 1.04 bits per heavy atom. The van der Waals surface area contributed by atoms with Crippen LogP contribution in [0.5, 0.6) is 0 Å². The van der Waals surface area contributed by atoms with E-state index in [4.69, 9.17) is 0 Å². The summed E-state index contributed by atoms with van der Waals surface area (Å²) in [6, 6.07) is 19.3. The molecule has 1 fully saturated rings. The van der Waals surface area contributed by atoms with Crippen molar-refractivity contribution in [2.24, 2.45) is 0 Å². The normalized spacial score (nSPS) is 19.9. The number of aromatic amines is 1. The SMILES string of the molecule is O=C(CCc1c[nH]c2ccccc12)NC1CC[NH+](Cc2ccccc2)CC1. The van der Waals surface area contributed by atoms with E-state index in [0.717, 1.165) is 44.4 Å². The van der Waals surface area contributed by atoms with Crippen LogP contribution in [0.25, 0.3) is 10.9 Å². The van der Waals surface area contributed by atoms with Gasteiger partial charge in [-0.1, -0.05) is 48.5 Å². The van der Waals surface area contributed by atoms with Crippen molar-refractivity contribution in [1.29, 1.82) is 0 Å². The summed E-state index contributed by atoms with van der Waals surface area (Å²) in [7, 11) is 0. The lowest BCUT2D eigenvalue weighted by Crippen LogP contribution is -3.12. The molecular formula is C23H28N3O+. The number of benzene rings is 2. The number of para-hydroxylation sites is 1. The van der Waals surface area contributed by atoms with Crippen molar-refractivity contribution in [2.45, 2.75) is 38.3 Å². The van der Waals surface area contributed by atoms with Crippen molar-refractivity contribution < 1.29 is 9.69 Å². The number of hydrogen-bond acceptors (Lipinski definition) is 1. The summed E-state index contributed by atoms with van der Waals surface area (Å²) in [4.78, 5) is 17.3. The molecule has 3 aromatic rings. The molecule has 1 saturated heterocycles. The number of H-pyrrole nitrogens is 1. The highest BCUT2D eigenvalue weighted by atomic mass is 16.1. The van der Waals surface area contributed by atoms with Gasteiger partial charge >= 0.3 is 0 Å². The fourth-order valence-electron chi connectivity index (χ4n) is 4.12. The van der Waals surface area contributed by atoms with Crippen LogP contribution < -0.4 is 10.2 Å². The van der Waals surface area contributed by atoms with E-state index in [0.29, 0.717) is 12.5 Å². The van der Waals surface area contributed by atoms with Crippen LogP contribution in [0.15, 0.2) is 60.8 Å². The smallest absolute Gasteiger partial charge is 0.220 e. The molecule has 0 bridgehead atoms. The van der Waals surface area contributed by atoms with Crippen molar-refractivity contribution >= 4 is 16.8 Å². The van der Waals surface area contributed by atoms with Crippen molar-refractivity contribution in [1.82, 2.24) is 10.3 Å². The number of likely N-dealkylation sites (tertiary alicyclic amines) is 1. The molecular weight excluding hydrogens is 334 g/mol. The number of hydrogen-bond donors (Lipinski definition) is 3. The zero-order chi connectivity index (χ0) is 18.5. The lowest BCUT2D eigenvalue weighted by atomic mass is 10.0. The number of carbonyl (C=O) groups is 1. The fraction of sp³-hybridized carbons (Fsp3) is 0.348. The first kappa shape index (κ1) is 17.8. The van der Waals surface area contributed by atoms with E-state index in [2.05, 4.69) is 52.8 Å². The third-order valence-corrected chi connectivity index (χ3v) is 5.65. The fourth-order valence-corrected chi connectivity index (χ4v) is 4.12. The first-order valence-electron chi connectivity index (χ1n) is 10.00. The number of rotatable bonds is 6. The molecule has 140 valence electrons. The lowest BCUT2D eigenvalue weighted by Gasteiger charge is -2.29. The molecule has 0 saturated carbocycles. The molecule has 2 aromatic carbocycles. The molecule has 1 aliphatic heterocycles. The van der Waals surface area contributed by atoms with Crippen LogP contribution in [-0.4, -0.2) is 30.0 Å². The van der Waals surface area contributed by atoms with Crippen molar-refractivity contribution in [3.05, 3.63) is 71.9 Å². The monoisotopic (exact) mass is 362 g/mol. The topological polar surface area (TPSA) is 49.3 Å². The predicted molar refractivity (Wildman–Crippen MR) is 109 cm³/mol. The Labute approximate surface area is 160 Å². The molecule has 4 nitrogen and oxygen atoms in total. The Bertz CT molecular complexity index is 879. The maximum Gasteiger partial charge on any atom is 0.220 e. The summed E-state index contributed by atoms with van der Waals surface area (Å²) in [6.45, 7) is 3.34. The average Bonchev–Trinajstić information content (AvgIpc) is 3.12. The molecule has 1 amide bonds. The summed E-state index contributed by atoms with van der Waals surface area (Å²) in [5.74, 6) is 0.178. The largest absolute Gasteiger partial charge is 0.361 e. The second-order valence-corrected chi connectivity index (χ2v) is 7.61. The standard InChI is InChI=1S/C23H27N3O/c27-23(11-10-19-16-24-22-9-5-4-8-21(19)22)25-20-12-14-26(15-13-20)17-18-6-2-1-3-7-18/h1-9,16,20,24H,10-15,17H2,(H,25,27)/p+1. The first-order valence-corrected chi connectivity index (χ1v) is 10.00. The summed E-state index contributed by atoms with van der Waals surface area (Å²) >= 11 is 0. The van der Waals surface area contributed by atoms with Crippen LogP contribution >= 0.6 is 0 Å². The molecule has 3 N–H and O–H groups in total. The second-order valence-electron chi connectivity index (χ2n) is 7.61. The van der Waals surface area contributed by atoms with Crippen molar-refractivity contribution in [2.75, 3.05) is 13.1 Å². The van der Waals surface area contributed by atoms with E-state index in [-0.39, 0.29) is 5.91 Å². The van der Waals surface area contributed by atoms with E-state index in [1.165, 1.54) is 16.5 Å². The highest BCUT2D eigenvalue weighted by molar-refractivity contribution is 5.84. The number of nitrogens with one attached hydrogen (secondary N) is 3. The van der Waals surface area contributed by atoms with Gasteiger partial charge in [-0.2, -0.15) is 0 Å². The van der Waals surface area contributed by atoms with Gasteiger partial charge in [0.2, 0.25) is 5.91 Å². The van der Waals surface area contributed by atoms with Gasteiger partial charge in [0.1, 0.15) is 6.54 Å². The van der Waals surface area contributed by atoms with Crippen LogP contribution in [-0.2, 0) is 17.8 Å². The Balaban J connectivity index is 1.21. The van der Waals surface area contributed by atoms with Crippen LogP contribution in [0.4, 0.5) is 0 Å². The number of aryl methyl sites for hydroxylation is 1. The first-order chi connectivity index (χ1) is 13.3. The third kappa shape index (κ3) is 4.58. The molecule has 0 atom stereocenters. The Morgan fingerprint density at radius 3 is 2.59 bits per heavy atom. The average molecular weight is 362 g/mol. The molecule has 27 heavy (non-hydrogen) atoms. The van der Waals surface area contributed by atoms with E-state index >= 15 is 0 Å². The van der Waals surface area contributed by atoms with E-state index in [1.807, 2.05) is 18.3 Å². The van der Waals surface area contributed by atoms with E-state index in [9.17, 15) is 4.79 Å². The summed E-state index contributed by atoms with van der Waals surface area (Å²) in [6.07, 6.45) is 5.51. The Kier molecular flexibility index (Phi) is 5.54. The Morgan fingerprint density at radius 2 is 1.78 bits per heavy atom. The Hall–Kier alpha value is -2.59. The number of carbonyl (C=O) groups excluding carboxylic acids is 1. The molecule has 0 radical (unpaired) electrons. The highest BCUT2D eigenvalue weighted by Gasteiger charge is 2.23. The molecule has 4 rings (SSSR count). The number of amides is 1. The number of quaternary nitrogens is 1. The molecule has 0 spiro atoms. The highest BCUT2D eigenvalue weighted by Crippen LogP contribution is 2.19. The number of piperidine rings is 1. The van der Waals surface area contributed by atoms with Gasteiger partial charge in [-0.15, -0.1) is 0 Å². The molecule has 0 unspecified atom stereocenters. The predicted octanol–water partition coefficient (Wildman–Crippen LogP) is 2.46. The van der Waals surface area contributed by atoms with Gasteiger partial charge in [0.25, 0.3) is 0 Å². The summed E-state index contributed by atoms with van der Waals surface area (Å²) < 4.78 is 0. The maximum absolute atomic E-state index is 12.4. The van der Waals surface area contributed by atoms with Gasteiger partial charge in [0.05, 0.1) is 13.1 Å². The lowest BCUT2D eigenvalue weighted by molar-refractivity contribution is -0.918. The minimum atomic E-state index is 0.178. The van der Waals surface area contributed by atoms with E-state index in [1.54, 1.807) is 4.90 Å². The quantitative estimate of drug-likeness (QED) is 0.620. The van der Waals surface area contributed by atoms with Gasteiger partial charge in [-0.25, -0.2) is 0 Å². The minimum Gasteiger partial charge on any atom is -0.361 e. The van der Waals surface area contributed by atoms with Gasteiger partial charge in [-0.3, -0.25) is 4.79 Å². The van der Waals surface area contributed by atoms with Gasteiger partial charge in [-0.05, 0) is 18.1 Å². The molecule has 1 aromatic heterocycles. The van der Waals surface area contributed by atoms with Crippen molar-refractivity contribution in [3.8, 4) is 0 Å². The minimum absolute atomic E-state index is 0.178. The van der Waals surface area contributed by atoms with Gasteiger partial charge in [0, 0.05) is 48.0 Å². The van der Waals surface area contributed by atoms with Crippen LogP contribution in [0.1, 0.15) is 30.4 Å².